The van der Waals surface area contributed by atoms with Crippen LogP contribution in [0.25, 0.3) is 11.1 Å². The maximum absolute atomic E-state index is 2.58. The number of likely N-dealkylation sites (tertiary alicyclic amines) is 1. The van der Waals surface area contributed by atoms with Crippen LogP contribution in [0, 0.1) is 0 Å². The summed E-state index contributed by atoms with van der Waals surface area (Å²) in [6, 6.07) is 18.6. The molecule has 1 aliphatic heterocycles. The molecule has 1 saturated heterocycles. The van der Waals surface area contributed by atoms with Gasteiger partial charge in [-0.05, 0) is 48.7 Å². The van der Waals surface area contributed by atoms with Crippen LogP contribution in [0.15, 0.2) is 48.5 Å². The predicted octanol–water partition coefficient (Wildman–Crippen LogP) is 4.28. The van der Waals surface area contributed by atoms with Crippen LogP contribution in [0.2, 0.25) is 0 Å². The van der Waals surface area contributed by atoms with Crippen LogP contribution in [-0.4, -0.2) is 24.5 Å². The number of rotatable bonds is 1. The van der Waals surface area contributed by atoms with Gasteiger partial charge >= 0.3 is 0 Å². The van der Waals surface area contributed by atoms with Gasteiger partial charge in [-0.25, -0.2) is 0 Å². The lowest BCUT2D eigenvalue weighted by Crippen LogP contribution is -2.40. The summed E-state index contributed by atoms with van der Waals surface area (Å²) < 4.78 is 0. The molecule has 1 aliphatic carbocycles. The van der Waals surface area contributed by atoms with Gasteiger partial charge in [0.05, 0.1) is 0 Å². The molecule has 1 heteroatoms. The zero-order valence-electron chi connectivity index (χ0n) is 12.0. The average Bonchev–Trinajstić information content (AvgIpc) is 2.83. The summed E-state index contributed by atoms with van der Waals surface area (Å²) in [6.07, 6.45) is 4.04. The van der Waals surface area contributed by atoms with E-state index in [1.165, 1.54) is 48.1 Å². The van der Waals surface area contributed by atoms with Gasteiger partial charge < -0.3 is 4.90 Å². The molecule has 102 valence electrons. The van der Waals surface area contributed by atoms with E-state index in [2.05, 4.69) is 60.5 Å². The number of piperidine rings is 1. The first-order valence-electron chi connectivity index (χ1n) is 7.75. The number of fused-ring (bicyclic) bond motifs is 3. The number of benzene rings is 2. The Bertz CT molecular complexity index is 586. The summed E-state index contributed by atoms with van der Waals surface area (Å²) in [4.78, 5) is 2.58. The highest BCUT2D eigenvalue weighted by Gasteiger charge is 2.36. The molecule has 1 fully saturated rings. The molecule has 0 spiro atoms. The van der Waals surface area contributed by atoms with E-state index in [1.807, 2.05) is 0 Å². The summed E-state index contributed by atoms with van der Waals surface area (Å²) in [5.74, 6) is 0.563. The molecule has 0 amide bonds. The molecule has 1 heterocycles. The summed E-state index contributed by atoms with van der Waals surface area (Å²) in [5.41, 5.74) is 5.97. The molecule has 0 N–H and O–H groups in total. The van der Waals surface area contributed by atoms with Gasteiger partial charge in [0, 0.05) is 12.0 Å². The molecule has 1 atom stereocenters. The molecule has 0 saturated carbocycles. The van der Waals surface area contributed by atoms with Crippen LogP contribution < -0.4 is 0 Å². The molecule has 1 nitrogen and oxygen atoms in total. The van der Waals surface area contributed by atoms with Gasteiger partial charge in [0.15, 0.2) is 0 Å². The van der Waals surface area contributed by atoms with Crippen molar-refractivity contribution < 1.29 is 0 Å². The monoisotopic (exact) mass is 263 g/mol. The maximum Gasteiger partial charge on any atom is 0.0257 e. The van der Waals surface area contributed by atoms with Gasteiger partial charge in [-0.1, -0.05) is 55.0 Å². The van der Waals surface area contributed by atoms with Crippen molar-refractivity contribution in [2.45, 2.75) is 31.2 Å². The van der Waals surface area contributed by atoms with Gasteiger partial charge in [-0.3, -0.25) is 0 Å². The van der Waals surface area contributed by atoms with E-state index in [4.69, 9.17) is 0 Å². The summed E-state index contributed by atoms with van der Waals surface area (Å²) in [5, 5.41) is 0. The SMILES string of the molecule is CN1CCCCC1C1c2ccccc2-c2ccccc21. The highest BCUT2D eigenvalue weighted by molar-refractivity contribution is 5.79. The van der Waals surface area contributed by atoms with E-state index >= 15 is 0 Å². The third kappa shape index (κ3) is 1.73. The van der Waals surface area contributed by atoms with Crippen molar-refractivity contribution >= 4 is 0 Å². The van der Waals surface area contributed by atoms with Gasteiger partial charge in [0.2, 0.25) is 0 Å². The Labute approximate surface area is 121 Å². The van der Waals surface area contributed by atoms with Crippen molar-refractivity contribution in [2.75, 3.05) is 13.6 Å². The zero-order chi connectivity index (χ0) is 13.5. The normalized spacial score (nSPS) is 22.6. The quantitative estimate of drug-likeness (QED) is 0.742. The lowest BCUT2D eigenvalue weighted by atomic mass is 9.84. The van der Waals surface area contributed by atoms with E-state index in [0.717, 1.165) is 0 Å². The first kappa shape index (κ1) is 12.2. The molecule has 2 aromatic carbocycles. The minimum Gasteiger partial charge on any atom is -0.302 e. The summed E-state index contributed by atoms with van der Waals surface area (Å²) in [7, 11) is 2.30. The van der Waals surface area contributed by atoms with Crippen molar-refractivity contribution in [3.05, 3.63) is 59.7 Å². The van der Waals surface area contributed by atoms with Gasteiger partial charge in [0.1, 0.15) is 0 Å². The molecule has 0 radical (unpaired) electrons. The number of likely N-dealkylation sites (N-methyl/N-ethyl adjacent to an activating group) is 1. The largest absolute Gasteiger partial charge is 0.302 e. The van der Waals surface area contributed by atoms with Crippen molar-refractivity contribution in [1.29, 1.82) is 0 Å². The van der Waals surface area contributed by atoms with Crippen molar-refractivity contribution in [3.8, 4) is 11.1 Å². The second-order valence-corrected chi connectivity index (χ2v) is 6.20. The standard InChI is InChI=1S/C19H21N/c1-20-13-7-6-12-18(20)19-16-10-4-2-8-14(16)15-9-3-5-11-17(15)19/h2-5,8-11,18-19H,6-7,12-13H2,1H3. The molecule has 2 aliphatic rings. The predicted molar refractivity (Wildman–Crippen MR) is 84.0 cm³/mol. The highest BCUT2D eigenvalue weighted by atomic mass is 15.1. The fraction of sp³-hybridized carbons (Fsp3) is 0.368. The van der Waals surface area contributed by atoms with Crippen LogP contribution in [-0.2, 0) is 0 Å². The first-order valence-corrected chi connectivity index (χ1v) is 7.75. The van der Waals surface area contributed by atoms with Crippen LogP contribution in [0.1, 0.15) is 36.3 Å². The Hall–Kier alpha value is -1.60. The maximum atomic E-state index is 2.58. The van der Waals surface area contributed by atoms with Crippen molar-refractivity contribution in [2.24, 2.45) is 0 Å². The van der Waals surface area contributed by atoms with Crippen molar-refractivity contribution in [1.82, 2.24) is 4.90 Å². The number of hydrogen-bond donors (Lipinski definition) is 0. The van der Waals surface area contributed by atoms with Crippen LogP contribution in [0.3, 0.4) is 0 Å². The number of nitrogens with zero attached hydrogens (tertiary/aromatic N) is 1. The molecule has 0 aromatic heterocycles. The molecule has 4 rings (SSSR count). The Kier molecular flexibility index (Phi) is 2.89. The molecular weight excluding hydrogens is 242 g/mol. The minimum atomic E-state index is 0.563. The van der Waals surface area contributed by atoms with Gasteiger partial charge in [-0.15, -0.1) is 0 Å². The third-order valence-corrected chi connectivity index (χ3v) is 5.09. The van der Waals surface area contributed by atoms with Crippen molar-refractivity contribution in [3.63, 3.8) is 0 Å². The lowest BCUT2D eigenvalue weighted by molar-refractivity contribution is 0.171. The minimum absolute atomic E-state index is 0.563. The highest BCUT2D eigenvalue weighted by Crippen LogP contribution is 2.48. The smallest absolute Gasteiger partial charge is 0.0257 e. The van der Waals surface area contributed by atoms with Gasteiger partial charge in [-0.2, -0.15) is 0 Å². The van der Waals surface area contributed by atoms with E-state index < -0.39 is 0 Å². The van der Waals surface area contributed by atoms with E-state index in [0.29, 0.717) is 12.0 Å². The molecule has 1 unspecified atom stereocenters. The fourth-order valence-corrected chi connectivity index (χ4v) is 4.13. The zero-order valence-corrected chi connectivity index (χ0v) is 12.0. The second-order valence-electron chi connectivity index (χ2n) is 6.20. The molecule has 20 heavy (non-hydrogen) atoms. The third-order valence-electron chi connectivity index (χ3n) is 5.09. The topological polar surface area (TPSA) is 3.24 Å². The van der Waals surface area contributed by atoms with Crippen LogP contribution in [0.5, 0.6) is 0 Å². The Morgan fingerprint density at radius 1 is 0.850 bits per heavy atom. The lowest BCUT2D eigenvalue weighted by Gasteiger charge is -2.37. The first-order chi connectivity index (χ1) is 9.86. The summed E-state index contributed by atoms with van der Waals surface area (Å²) >= 11 is 0. The van der Waals surface area contributed by atoms with E-state index in [-0.39, 0.29) is 0 Å². The second kappa shape index (κ2) is 4.75. The van der Waals surface area contributed by atoms with Crippen LogP contribution >= 0.6 is 0 Å². The fourth-order valence-electron chi connectivity index (χ4n) is 4.13. The Morgan fingerprint density at radius 2 is 1.45 bits per heavy atom. The van der Waals surface area contributed by atoms with Crippen LogP contribution in [0.4, 0.5) is 0 Å². The number of hydrogen-bond acceptors (Lipinski definition) is 1. The molecule has 2 aromatic rings. The Morgan fingerprint density at radius 3 is 2.05 bits per heavy atom. The van der Waals surface area contributed by atoms with Gasteiger partial charge in [0.25, 0.3) is 0 Å². The molecule has 0 bridgehead atoms. The molecular formula is C19H21N. The van der Waals surface area contributed by atoms with E-state index in [9.17, 15) is 0 Å². The average molecular weight is 263 g/mol. The Balaban J connectivity index is 1.86. The summed E-state index contributed by atoms with van der Waals surface area (Å²) in [6.45, 7) is 1.24. The van der Waals surface area contributed by atoms with E-state index in [1.54, 1.807) is 0 Å².